The van der Waals surface area contributed by atoms with Crippen LogP contribution in [0.1, 0.15) is 11.3 Å². The summed E-state index contributed by atoms with van der Waals surface area (Å²) in [6, 6.07) is 20.1. The first kappa shape index (κ1) is 22.2. The van der Waals surface area contributed by atoms with Gasteiger partial charge in [0.2, 0.25) is 0 Å². The van der Waals surface area contributed by atoms with E-state index in [1.165, 1.54) is 51.4 Å². The van der Waals surface area contributed by atoms with Crippen LogP contribution in [0.25, 0.3) is 11.7 Å². The molecule has 0 unspecified atom stereocenters. The van der Waals surface area contributed by atoms with Crippen LogP contribution in [0.4, 0.5) is 10.1 Å². The second-order valence-corrected chi connectivity index (χ2v) is 9.26. The maximum absolute atomic E-state index is 13.5. The molecule has 0 saturated heterocycles. The Kier molecular flexibility index (Phi) is 6.12. The number of hydrogen-bond acceptors (Lipinski definition) is 5. The molecule has 0 spiro atoms. The van der Waals surface area contributed by atoms with E-state index in [0.29, 0.717) is 27.9 Å². The molecule has 0 radical (unpaired) electrons. The number of nitrogens with zero attached hydrogens (tertiary/aromatic N) is 4. The van der Waals surface area contributed by atoms with Crippen LogP contribution in [0.15, 0.2) is 98.9 Å². The molecule has 168 valence electrons. The fraction of sp³-hybridized carbons (Fsp3) is 0.0400. The van der Waals surface area contributed by atoms with Crippen molar-refractivity contribution >= 4 is 56.2 Å². The van der Waals surface area contributed by atoms with E-state index in [1.54, 1.807) is 18.3 Å². The Labute approximate surface area is 206 Å². The maximum Gasteiger partial charge on any atom is 0.283 e. The number of amidine groups is 1. The van der Waals surface area contributed by atoms with Crippen molar-refractivity contribution in [3.8, 4) is 0 Å². The normalized spacial score (nSPS) is 14.8. The minimum atomic E-state index is -0.394. The highest BCUT2D eigenvalue weighted by Gasteiger charge is 2.32. The lowest BCUT2D eigenvalue weighted by atomic mass is 10.2. The molecule has 2 aromatic carbocycles. The molecule has 2 aromatic heterocycles. The highest BCUT2D eigenvalue weighted by atomic mass is 79.9. The molecule has 1 aliphatic rings. The van der Waals surface area contributed by atoms with Crippen LogP contribution in [0.5, 0.6) is 0 Å². The molecule has 3 heterocycles. The van der Waals surface area contributed by atoms with E-state index in [4.69, 9.17) is 0 Å². The fourth-order valence-electron chi connectivity index (χ4n) is 3.46. The Morgan fingerprint density at radius 1 is 1.00 bits per heavy atom. The number of fused-ring (bicyclic) bond motifs is 1. The summed E-state index contributed by atoms with van der Waals surface area (Å²) >= 11 is 4.64. The lowest BCUT2D eigenvalue weighted by molar-refractivity contribution is -0.113. The van der Waals surface area contributed by atoms with Crippen LogP contribution in [0.3, 0.4) is 0 Å². The number of carbonyl (C=O) groups excluding carboxylic acids is 1. The van der Waals surface area contributed by atoms with Crippen molar-refractivity contribution < 1.29 is 9.18 Å². The van der Waals surface area contributed by atoms with E-state index >= 15 is 0 Å². The molecule has 9 heteroatoms. The van der Waals surface area contributed by atoms with Gasteiger partial charge in [-0.15, -0.1) is 0 Å². The van der Waals surface area contributed by atoms with E-state index in [1.807, 2.05) is 36.4 Å². The van der Waals surface area contributed by atoms with Crippen molar-refractivity contribution in [2.24, 2.45) is 4.99 Å². The molecule has 0 fully saturated rings. The second-order valence-electron chi connectivity index (χ2n) is 7.40. The average Bonchev–Trinajstić information content (AvgIpc) is 3.14. The molecule has 0 saturated carbocycles. The quantitative estimate of drug-likeness (QED) is 0.334. The number of aliphatic imine (C=N–C) groups is 1. The first-order valence-electron chi connectivity index (χ1n) is 10.2. The van der Waals surface area contributed by atoms with E-state index in [9.17, 15) is 14.0 Å². The average molecular weight is 535 g/mol. The van der Waals surface area contributed by atoms with Gasteiger partial charge in [-0.25, -0.2) is 14.4 Å². The van der Waals surface area contributed by atoms with Crippen LogP contribution in [-0.4, -0.2) is 20.5 Å². The zero-order valence-electron chi connectivity index (χ0n) is 17.6. The van der Waals surface area contributed by atoms with Crippen LogP contribution in [-0.2, 0) is 10.5 Å². The lowest BCUT2D eigenvalue weighted by Gasteiger charge is -2.17. The van der Waals surface area contributed by atoms with E-state index in [0.717, 1.165) is 10.0 Å². The van der Waals surface area contributed by atoms with Gasteiger partial charge in [-0.2, -0.15) is 0 Å². The van der Waals surface area contributed by atoms with Crippen LogP contribution < -0.4 is 10.5 Å². The van der Waals surface area contributed by atoms with Crippen LogP contribution >= 0.6 is 27.7 Å². The third-order valence-corrected chi connectivity index (χ3v) is 6.48. The standard InChI is InChI=1S/C25H16BrFN4O2S/c26-17-6-11-22-28-19(13-23(32)30(22)14-17)15-34-25-29-21(12-16-4-2-1-3-5-16)24(33)31(25)20-9-7-18(27)8-10-20/h1-14H,15H2/b21-12+. The Balaban J connectivity index is 1.48. The summed E-state index contributed by atoms with van der Waals surface area (Å²) in [5, 5.41) is 0.427. The van der Waals surface area contributed by atoms with E-state index in [-0.39, 0.29) is 17.2 Å². The highest BCUT2D eigenvalue weighted by Crippen LogP contribution is 2.30. The monoisotopic (exact) mass is 534 g/mol. The summed E-state index contributed by atoms with van der Waals surface area (Å²) in [6.07, 6.45) is 3.38. The summed E-state index contributed by atoms with van der Waals surface area (Å²) in [5.74, 6) is -0.382. The second kappa shape index (κ2) is 9.36. The van der Waals surface area contributed by atoms with Gasteiger partial charge in [-0.05, 0) is 64.0 Å². The van der Waals surface area contributed by atoms with Gasteiger partial charge >= 0.3 is 0 Å². The molecule has 1 aliphatic heterocycles. The number of amides is 1. The summed E-state index contributed by atoms with van der Waals surface area (Å²) in [6.45, 7) is 0. The summed E-state index contributed by atoms with van der Waals surface area (Å²) < 4.78 is 15.7. The van der Waals surface area contributed by atoms with Crippen molar-refractivity contribution in [1.82, 2.24) is 9.38 Å². The lowest BCUT2D eigenvalue weighted by Crippen LogP contribution is -2.30. The van der Waals surface area contributed by atoms with Gasteiger partial charge in [-0.1, -0.05) is 42.1 Å². The number of thioether (sulfide) groups is 1. The molecule has 5 rings (SSSR count). The largest absolute Gasteiger partial charge is 0.283 e. The van der Waals surface area contributed by atoms with Gasteiger partial charge < -0.3 is 0 Å². The Hall–Kier alpha value is -3.56. The van der Waals surface area contributed by atoms with Crippen molar-refractivity contribution in [3.05, 3.63) is 117 Å². The summed E-state index contributed by atoms with van der Waals surface area (Å²) in [5.41, 5.74) is 2.50. The topological polar surface area (TPSA) is 67.0 Å². The van der Waals surface area contributed by atoms with Crippen molar-refractivity contribution in [1.29, 1.82) is 0 Å². The minimum Gasteiger partial charge on any atom is -0.269 e. The van der Waals surface area contributed by atoms with Crippen LogP contribution in [0.2, 0.25) is 0 Å². The number of benzene rings is 2. The maximum atomic E-state index is 13.5. The summed E-state index contributed by atoms with van der Waals surface area (Å²) in [7, 11) is 0. The molecule has 0 N–H and O–H groups in total. The molecular weight excluding hydrogens is 519 g/mol. The Morgan fingerprint density at radius 3 is 2.53 bits per heavy atom. The molecule has 0 aliphatic carbocycles. The third kappa shape index (κ3) is 4.57. The minimum absolute atomic E-state index is 0.202. The molecule has 34 heavy (non-hydrogen) atoms. The van der Waals surface area contributed by atoms with Gasteiger partial charge in [-0.3, -0.25) is 18.9 Å². The molecular formula is C25H16BrFN4O2S. The zero-order chi connectivity index (χ0) is 23.7. The highest BCUT2D eigenvalue weighted by molar-refractivity contribution is 9.10. The SMILES string of the molecule is O=C1/C(=C\c2ccccc2)N=C(SCc2cc(=O)n3cc(Br)ccc3n2)N1c1ccc(F)cc1. The van der Waals surface area contributed by atoms with E-state index in [2.05, 4.69) is 25.9 Å². The molecule has 4 aromatic rings. The zero-order valence-corrected chi connectivity index (χ0v) is 20.0. The van der Waals surface area contributed by atoms with Crippen LogP contribution in [0, 0.1) is 5.82 Å². The number of pyridine rings is 1. The number of halogens is 2. The first-order valence-corrected chi connectivity index (χ1v) is 12.0. The number of rotatable bonds is 4. The van der Waals surface area contributed by atoms with Gasteiger partial charge in [0, 0.05) is 22.5 Å². The van der Waals surface area contributed by atoms with Gasteiger partial charge in [0.1, 0.15) is 17.2 Å². The van der Waals surface area contributed by atoms with Crippen molar-refractivity contribution in [2.45, 2.75) is 5.75 Å². The third-order valence-electron chi connectivity index (χ3n) is 5.04. The molecule has 6 nitrogen and oxygen atoms in total. The number of anilines is 1. The van der Waals surface area contributed by atoms with Gasteiger partial charge in [0.25, 0.3) is 11.5 Å². The predicted molar refractivity (Wildman–Crippen MR) is 136 cm³/mol. The number of carbonyl (C=O) groups is 1. The molecule has 0 bridgehead atoms. The summed E-state index contributed by atoms with van der Waals surface area (Å²) in [4.78, 5) is 36.3. The predicted octanol–water partition coefficient (Wildman–Crippen LogP) is 5.27. The van der Waals surface area contributed by atoms with Gasteiger partial charge in [0.15, 0.2) is 5.17 Å². The Morgan fingerprint density at radius 2 is 1.76 bits per heavy atom. The van der Waals surface area contributed by atoms with E-state index < -0.39 is 5.82 Å². The molecule has 1 amide bonds. The van der Waals surface area contributed by atoms with Crippen molar-refractivity contribution in [2.75, 3.05) is 4.90 Å². The number of aromatic nitrogens is 2. The molecule has 0 atom stereocenters. The number of hydrogen-bond donors (Lipinski definition) is 0. The smallest absolute Gasteiger partial charge is 0.269 e. The first-order chi connectivity index (χ1) is 16.5. The van der Waals surface area contributed by atoms with Crippen molar-refractivity contribution in [3.63, 3.8) is 0 Å². The Bertz CT molecular complexity index is 1520. The van der Waals surface area contributed by atoms with Gasteiger partial charge in [0.05, 0.1) is 11.4 Å². The fourth-order valence-corrected chi connectivity index (χ4v) is 4.70.